The zero-order valence-corrected chi connectivity index (χ0v) is 12.6. The minimum Gasteiger partial charge on any atom is -0.330 e. The highest BCUT2D eigenvalue weighted by atomic mass is 32.2. The van der Waals surface area contributed by atoms with Crippen molar-refractivity contribution >= 4 is 10.0 Å². The van der Waals surface area contributed by atoms with Crippen LogP contribution in [0.5, 0.6) is 0 Å². The Morgan fingerprint density at radius 1 is 1.17 bits per heavy atom. The van der Waals surface area contributed by atoms with E-state index in [2.05, 4.69) is 0 Å². The van der Waals surface area contributed by atoms with E-state index in [4.69, 9.17) is 5.73 Å². The molecule has 1 rings (SSSR count). The summed E-state index contributed by atoms with van der Waals surface area (Å²) >= 11 is 0. The standard InChI is InChI=1S/C13H28N2O2S/c1-12(2)18(16,17)15(11-7-10-14)13-8-5-3-4-6-9-13/h12-13H,3-11,14H2,1-2H3. The molecular weight excluding hydrogens is 248 g/mol. The molecule has 4 nitrogen and oxygen atoms in total. The molecule has 0 aliphatic heterocycles. The van der Waals surface area contributed by atoms with E-state index in [9.17, 15) is 8.42 Å². The van der Waals surface area contributed by atoms with E-state index in [-0.39, 0.29) is 11.3 Å². The smallest absolute Gasteiger partial charge is 0.216 e. The molecule has 0 aromatic carbocycles. The Balaban J connectivity index is 2.82. The third-order valence-electron chi connectivity index (χ3n) is 3.74. The maximum absolute atomic E-state index is 12.4. The molecule has 0 radical (unpaired) electrons. The van der Waals surface area contributed by atoms with Gasteiger partial charge in [-0.15, -0.1) is 0 Å². The molecule has 0 saturated heterocycles. The van der Waals surface area contributed by atoms with Gasteiger partial charge in [0.25, 0.3) is 0 Å². The fourth-order valence-corrected chi connectivity index (χ4v) is 4.13. The van der Waals surface area contributed by atoms with Gasteiger partial charge in [0.2, 0.25) is 10.0 Å². The first kappa shape index (κ1) is 15.9. The van der Waals surface area contributed by atoms with Gasteiger partial charge in [0.15, 0.2) is 0 Å². The predicted molar refractivity (Wildman–Crippen MR) is 75.9 cm³/mol. The van der Waals surface area contributed by atoms with Gasteiger partial charge in [0, 0.05) is 12.6 Å². The molecule has 5 heteroatoms. The third-order valence-corrected chi connectivity index (χ3v) is 6.06. The fourth-order valence-electron chi connectivity index (χ4n) is 2.58. The molecule has 108 valence electrons. The number of rotatable bonds is 6. The second-order valence-electron chi connectivity index (χ2n) is 5.49. The average Bonchev–Trinajstić information content (AvgIpc) is 2.58. The average molecular weight is 276 g/mol. The van der Waals surface area contributed by atoms with Gasteiger partial charge >= 0.3 is 0 Å². The molecular formula is C13H28N2O2S. The molecule has 0 aromatic heterocycles. The lowest BCUT2D eigenvalue weighted by Crippen LogP contribution is -2.44. The summed E-state index contributed by atoms with van der Waals surface area (Å²) in [6.45, 7) is 4.67. The van der Waals surface area contributed by atoms with Crippen LogP contribution in [0.15, 0.2) is 0 Å². The van der Waals surface area contributed by atoms with Crippen molar-refractivity contribution in [1.82, 2.24) is 4.31 Å². The van der Waals surface area contributed by atoms with E-state index >= 15 is 0 Å². The summed E-state index contributed by atoms with van der Waals surface area (Å²) < 4.78 is 26.6. The molecule has 1 fully saturated rings. The summed E-state index contributed by atoms with van der Waals surface area (Å²) in [6, 6.07) is 0.200. The summed E-state index contributed by atoms with van der Waals surface area (Å²) in [7, 11) is -3.15. The normalized spacial score (nSPS) is 19.4. The van der Waals surface area contributed by atoms with Crippen molar-refractivity contribution in [2.24, 2.45) is 5.73 Å². The maximum Gasteiger partial charge on any atom is 0.216 e. The van der Waals surface area contributed by atoms with Crippen molar-refractivity contribution in [3.63, 3.8) is 0 Å². The molecule has 0 heterocycles. The van der Waals surface area contributed by atoms with E-state index in [1.54, 1.807) is 18.2 Å². The molecule has 1 aliphatic carbocycles. The van der Waals surface area contributed by atoms with Crippen molar-refractivity contribution in [3.8, 4) is 0 Å². The van der Waals surface area contributed by atoms with Gasteiger partial charge in [0.05, 0.1) is 5.25 Å². The van der Waals surface area contributed by atoms with E-state index in [0.717, 1.165) is 32.1 Å². The lowest BCUT2D eigenvalue weighted by atomic mass is 10.1. The van der Waals surface area contributed by atoms with Gasteiger partial charge < -0.3 is 5.73 Å². The first-order valence-electron chi connectivity index (χ1n) is 7.21. The molecule has 0 atom stereocenters. The van der Waals surface area contributed by atoms with Gasteiger partial charge in [0.1, 0.15) is 0 Å². The molecule has 0 bridgehead atoms. The Labute approximate surface area is 112 Å². The van der Waals surface area contributed by atoms with Crippen LogP contribution in [0, 0.1) is 0 Å². The van der Waals surface area contributed by atoms with Crippen LogP contribution >= 0.6 is 0 Å². The van der Waals surface area contributed by atoms with Crippen LogP contribution in [-0.4, -0.2) is 37.1 Å². The summed E-state index contributed by atoms with van der Waals surface area (Å²) in [6.07, 6.45) is 7.55. The highest BCUT2D eigenvalue weighted by Crippen LogP contribution is 2.25. The quantitative estimate of drug-likeness (QED) is 0.756. The Morgan fingerprint density at radius 2 is 1.72 bits per heavy atom. The van der Waals surface area contributed by atoms with Gasteiger partial charge in [-0.1, -0.05) is 25.7 Å². The van der Waals surface area contributed by atoms with Crippen LogP contribution in [0.4, 0.5) is 0 Å². The van der Waals surface area contributed by atoms with Crippen LogP contribution < -0.4 is 5.73 Å². The Bertz CT molecular complexity index is 320. The van der Waals surface area contributed by atoms with Gasteiger partial charge in [-0.2, -0.15) is 4.31 Å². The SMILES string of the molecule is CC(C)S(=O)(=O)N(CCCN)C1CCCCCC1. The lowest BCUT2D eigenvalue weighted by molar-refractivity contribution is 0.288. The Kier molecular flexibility index (Phi) is 6.60. The van der Waals surface area contributed by atoms with Crippen LogP contribution in [0.2, 0.25) is 0 Å². The highest BCUT2D eigenvalue weighted by molar-refractivity contribution is 7.89. The highest BCUT2D eigenvalue weighted by Gasteiger charge is 2.31. The minimum atomic E-state index is -3.15. The zero-order chi connectivity index (χ0) is 13.6. The molecule has 1 saturated carbocycles. The van der Waals surface area contributed by atoms with Crippen molar-refractivity contribution in [2.75, 3.05) is 13.1 Å². The number of hydrogen-bond acceptors (Lipinski definition) is 3. The first-order chi connectivity index (χ1) is 8.50. The van der Waals surface area contributed by atoms with Crippen molar-refractivity contribution < 1.29 is 8.42 Å². The summed E-state index contributed by atoms with van der Waals surface area (Å²) in [5, 5.41) is -0.335. The van der Waals surface area contributed by atoms with E-state index in [0.29, 0.717) is 13.1 Å². The zero-order valence-electron chi connectivity index (χ0n) is 11.8. The van der Waals surface area contributed by atoms with Crippen LogP contribution in [-0.2, 0) is 10.0 Å². The second-order valence-corrected chi connectivity index (χ2v) is 7.93. The van der Waals surface area contributed by atoms with Crippen LogP contribution in [0.25, 0.3) is 0 Å². The molecule has 2 N–H and O–H groups in total. The van der Waals surface area contributed by atoms with Crippen molar-refractivity contribution in [3.05, 3.63) is 0 Å². The monoisotopic (exact) mass is 276 g/mol. The number of hydrogen-bond donors (Lipinski definition) is 1. The first-order valence-corrected chi connectivity index (χ1v) is 8.71. The Morgan fingerprint density at radius 3 is 2.17 bits per heavy atom. The van der Waals surface area contributed by atoms with E-state index < -0.39 is 10.0 Å². The largest absolute Gasteiger partial charge is 0.330 e. The summed E-state index contributed by atoms with van der Waals surface area (Å²) in [5.41, 5.74) is 5.54. The molecule has 0 unspecified atom stereocenters. The van der Waals surface area contributed by atoms with E-state index in [1.165, 1.54) is 12.8 Å². The predicted octanol–water partition coefficient (Wildman–Crippen LogP) is 2.10. The van der Waals surface area contributed by atoms with Gasteiger partial charge in [-0.05, 0) is 39.7 Å². The Hall–Kier alpha value is -0.130. The molecule has 0 aromatic rings. The van der Waals surface area contributed by atoms with Gasteiger partial charge in [-0.3, -0.25) is 0 Å². The summed E-state index contributed by atoms with van der Waals surface area (Å²) in [5.74, 6) is 0. The number of nitrogens with two attached hydrogens (primary N) is 1. The van der Waals surface area contributed by atoms with Crippen LogP contribution in [0.3, 0.4) is 0 Å². The van der Waals surface area contributed by atoms with Crippen molar-refractivity contribution in [2.45, 2.75) is 70.1 Å². The fraction of sp³-hybridized carbons (Fsp3) is 1.00. The third kappa shape index (κ3) is 4.21. The molecule has 1 aliphatic rings. The topological polar surface area (TPSA) is 63.4 Å². The van der Waals surface area contributed by atoms with E-state index in [1.807, 2.05) is 0 Å². The van der Waals surface area contributed by atoms with Crippen LogP contribution in [0.1, 0.15) is 58.8 Å². The maximum atomic E-state index is 12.4. The molecule has 0 amide bonds. The van der Waals surface area contributed by atoms with Crippen molar-refractivity contribution in [1.29, 1.82) is 0 Å². The van der Waals surface area contributed by atoms with Gasteiger partial charge in [-0.25, -0.2) is 8.42 Å². The second kappa shape index (κ2) is 7.46. The molecule has 0 spiro atoms. The molecule has 18 heavy (non-hydrogen) atoms. The minimum absolute atomic E-state index is 0.200. The summed E-state index contributed by atoms with van der Waals surface area (Å²) in [4.78, 5) is 0. The number of sulfonamides is 1. The number of nitrogens with zero attached hydrogens (tertiary/aromatic N) is 1. The lowest BCUT2D eigenvalue weighted by Gasteiger charge is -2.31.